The second kappa shape index (κ2) is 39.4. The summed E-state index contributed by atoms with van der Waals surface area (Å²) in [6, 6.07) is -0.815. The number of hydrogen-bond acceptors (Lipinski definition) is 4. The normalized spacial score (nSPS) is 14.0. The second-order valence-electron chi connectivity index (χ2n) is 14.5. The zero-order valence-electron chi connectivity index (χ0n) is 32.6. The maximum Gasteiger partial charge on any atom is 0.249 e. The minimum Gasteiger partial charge on any atom is -0.394 e. The van der Waals surface area contributed by atoms with E-state index in [4.69, 9.17) is 0 Å². The lowest BCUT2D eigenvalue weighted by molar-refractivity contribution is -0.131. The van der Waals surface area contributed by atoms with Crippen LogP contribution in [0.25, 0.3) is 0 Å². The minimum absolute atomic E-state index is 0.378. The Morgan fingerprint density at radius 1 is 0.490 bits per heavy atom. The topological polar surface area (TPSA) is 89.8 Å². The van der Waals surface area contributed by atoms with Gasteiger partial charge in [-0.2, -0.15) is 0 Å². The molecule has 0 fully saturated rings. The van der Waals surface area contributed by atoms with Crippen LogP contribution in [0.15, 0.2) is 36.5 Å². The number of aliphatic hydroxyl groups is 3. The van der Waals surface area contributed by atoms with Crippen molar-refractivity contribution in [3.63, 3.8) is 0 Å². The third-order valence-corrected chi connectivity index (χ3v) is 9.70. The number of rotatable bonds is 38. The summed E-state index contributed by atoms with van der Waals surface area (Å²) >= 11 is 0. The van der Waals surface area contributed by atoms with Gasteiger partial charge >= 0.3 is 0 Å². The summed E-state index contributed by atoms with van der Waals surface area (Å²) in [7, 11) is 0. The SMILES string of the molecule is CCCCCCCCCCC/C=C/CC/C=C/C(O)C(CO)NC(=O)C(O)CCCCCCCC/C=C\CCCCCCCCCCCC. The van der Waals surface area contributed by atoms with Gasteiger partial charge in [0.25, 0.3) is 0 Å². The quantitative estimate of drug-likeness (QED) is 0.0384. The standard InChI is InChI=1S/C44H83NO4/c1-3-5-7-9-11-13-15-17-19-20-21-22-23-25-27-29-31-33-35-37-39-43(48)44(49)45-41(40-46)42(47)38-36-34-32-30-28-26-24-18-16-14-12-10-8-6-4-2/h22-23,28,30,36,38,41-43,46-48H,3-21,24-27,29,31-35,37,39-40H2,1-2H3,(H,45,49)/b23-22-,30-28+,38-36+. The molecule has 1 amide bonds. The lowest BCUT2D eigenvalue weighted by Crippen LogP contribution is -2.48. The zero-order chi connectivity index (χ0) is 35.9. The van der Waals surface area contributed by atoms with Gasteiger partial charge in [-0.15, -0.1) is 0 Å². The summed E-state index contributed by atoms with van der Waals surface area (Å²) < 4.78 is 0. The molecular formula is C44H83NO4. The third kappa shape index (κ3) is 34.8. The Hall–Kier alpha value is -1.43. The van der Waals surface area contributed by atoms with Crippen LogP contribution in [-0.4, -0.2) is 46.1 Å². The molecule has 0 bridgehead atoms. The molecule has 0 aromatic rings. The first-order valence-electron chi connectivity index (χ1n) is 21.3. The van der Waals surface area contributed by atoms with Gasteiger partial charge in [-0.3, -0.25) is 4.79 Å². The molecule has 0 aliphatic heterocycles. The highest BCUT2D eigenvalue weighted by molar-refractivity contribution is 5.80. The average molecular weight is 690 g/mol. The molecule has 5 nitrogen and oxygen atoms in total. The highest BCUT2D eigenvalue weighted by Gasteiger charge is 2.22. The Balaban J connectivity index is 3.73. The van der Waals surface area contributed by atoms with Crippen molar-refractivity contribution in [2.75, 3.05) is 6.61 Å². The highest BCUT2D eigenvalue weighted by atomic mass is 16.3. The third-order valence-electron chi connectivity index (χ3n) is 9.70. The van der Waals surface area contributed by atoms with Crippen molar-refractivity contribution in [1.29, 1.82) is 0 Å². The highest BCUT2D eigenvalue weighted by Crippen LogP contribution is 2.14. The fraction of sp³-hybridized carbons (Fsp3) is 0.841. The van der Waals surface area contributed by atoms with Crippen molar-refractivity contribution in [2.24, 2.45) is 0 Å². The number of nitrogens with one attached hydrogen (secondary N) is 1. The number of carbonyl (C=O) groups excluding carboxylic acids is 1. The largest absolute Gasteiger partial charge is 0.394 e. The van der Waals surface area contributed by atoms with Crippen LogP contribution >= 0.6 is 0 Å². The van der Waals surface area contributed by atoms with Crippen molar-refractivity contribution < 1.29 is 20.1 Å². The van der Waals surface area contributed by atoms with Crippen molar-refractivity contribution in [2.45, 2.75) is 231 Å². The van der Waals surface area contributed by atoms with Gasteiger partial charge in [0.2, 0.25) is 5.91 Å². The van der Waals surface area contributed by atoms with Gasteiger partial charge in [0, 0.05) is 0 Å². The number of aliphatic hydroxyl groups excluding tert-OH is 3. The Kier molecular flexibility index (Phi) is 38.2. The molecule has 5 heteroatoms. The van der Waals surface area contributed by atoms with E-state index in [0.717, 1.165) is 38.5 Å². The summed E-state index contributed by atoms with van der Waals surface area (Å²) in [6.07, 6.45) is 48.8. The van der Waals surface area contributed by atoms with E-state index in [2.05, 4.69) is 43.5 Å². The van der Waals surface area contributed by atoms with Gasteiger partial charge in [0.05, 0.1) is 18.8 Å². The molecule has 0 aromatic carbocycles. The van der Waals surface area contributed by atoms with Crippen LogP contribution < -0.4 is 5.32 Å². The summed E-state index contributed by atoms with van der Waals surface area (Å²) in [4.78, 5) is 12.4. The predicted molar refractivity (Wildman–Crippen MR) is 213 cm³/mol. The maximum atomic E-state index is 12.4. The van der Waals surface area contributed by atoms with Crippen LogP contribution in [0, 0.1) is 0 Å². The zero-order valence-corrected chi connectivity index (χ0v) is 32.6. The molecule has 3 unspecified atom stereocenters. The van der Waals surface area contributed by atoms with E-state index < -0.39 is 24.2 Å². The maximum absolute atomic E-state index is 12.4. The van der Waals surface area contributed by atoms with Gasteiger partial charge in [-0.25, -0.2) is 0 Å². The minimum atomic E-state index is -1.11. The van der Waals surface area contributed by atoms with E-state index in [0.29, 0.717) is 6.42 Å². The summed E-state index contributed by atoms with van der Waals surface area (Å²) in [5, 5.41) is 33.1. The number of allylic oxidation sites excluding steroid dienone is 5. The molecule has 0 radical (unpaired) electrons. The van der Waals surface area contributed by atoms with Crippen LogP contribution in [0.1, 0.15) is 213 Å². The molecule has 288 valence electrons. The molecule has 0 aromatic heterocycles. The smallest absolute Gasteiger partial charge is 0.249 e. The van der Waals surface area contributed by atoms with Gasteiger partial charge in [0.1, 0.15) is 6.10 Å². The summed E-state index contributed by atoms with van der Waals surface area (Å²) in [6.45, 7) is 4.16. The molecule has 0 saturated carbocycles. The molecule has 0 aliphatic carbocycles. The van der Waals surface area contributed by atoms with Crippen molar-refractivity contribution in [3.8, 4) is 0 Å². The first-order chi connectivity index (χ1) is 24.1. The van der Waals surface area contributed by atoms with Crippen LogP contribution in [0.4, 0.5) is 0 Å². The Morgan fingerprint density at radius 3 is 1.24 bits per heavy atom. The molecule has 0 heterocycles. The molecule has 0 spiro atoms. The summed E-state index contributed by atoms with van der Waals surface area (Å²) in [5.74, 6) is -0.518. The molecular weight excluding hydrogens is 606 g/mol. The molecule has 0 aliphatic rings. The molecule has 3 atom stereocenters. The van der Waals surface area contributed by atoms with Crippen LogP contribution in [0.5, 0.6) is 0 Å². The molecule has 0 saturated heterocycles. The molecule has 0 rings (SSSR count). The lowest BCUT2D eigenvalue weighted by atomic mass is 10.0. The van der Waals surface area contributed by atoms with E-state index in [1.165, 1.54) is 154 Å². The first-order valence-corrected chi connectivity index (χ1v) is 21.3. The van der Waals surface area contributed by atoms with Gasteiger partial charge < -0.3 is 20.6 Å². The molecule has 49 heavy (non-hydrogen) atoms. The average Bonchev–Trinajstić information content (AvgIpc) is 3.11. The van der Waals surface area contributed by atoms with E-state index in [9.17, 15) is 20.1 Å². The monoisotopic (exact) mass is 690 g/mol. The number of carbonyl (C=O) groups is 1. The molecule has 4 N–H and O–H groups in total. The Labute approximate surface area is 304 Å². The van der Waals surface area contributed by atoms with Gasteiger partial charge in [0.15, 0.2) is 0 Å². The van der Waals surface area contributed by atoms with Gasteiger partial charge in [-0.05, 0) is 57.8 Å². The predicted octanol–water partition coefficient (Wildman–Crippen LogP) is 12.0. The Morgan fingerprint density at radius 2 is 0.837 bits per heavy atom. The van der Waals surface area contributed by atoms with Crippen molar-refractivity contribution >= 4 is 5.91 Å². The van der Waals surface area contributed by atoms with Crippen molar-refractivity contribution in [3.05, 3.63) is 36.5 Å². The number of unbranched alkanes of at least 4 members (excludes halogenated alkanes) is 26. The summed E-state index contributed by atoms with van der Waals surface area (Å²) in [5.41, 5.74) is 0. The Bertz CT molecular complexity index is 764. The van der Waals surface area contributed by atoms with Crippen LogP contribution in [0.3, 0.4) is 0 Å². The van der Waals surface area contributed by atoms with Crippen LogP contribution in [-0.2, 0) is 4.79 Å². The van der Waals surface area contributed by atoms with E-state index in [1.807, 2.05) is 6.08 Å². The van der Waals surface area contributed by atoms with E-state index in [-0.39, 0.29) is 6.61 Å². The lowest BCUT2D eigenvalue weighted by Gasteiger charge is -2.21. The van der Waals surface area contributed by atoms with Crippen molar-refractivity contribution in [1.82, 2.24) is 5.32 Å². The fourth-order valence-electron chi connectivity index (χ4n) is 6.31. The van der Waals surface area contributed by atoms with E-state index in [1.54, 1.807) is 6.08 Å². The van der Waals surface area contributed by atoms with Crippen LogP contribution in [0.2, 0.25) is 0 Å². The number of hydrogen-bond donors (Lipinski definition) is 4. The first kappa shape index (κ1) is 47.6. The number of amides is 1. The van der Waals surface area contributed by atoms with Gasteiger partial charge in [-0.1, -0.05) is 192 Å². The fourth-order valence-corrected chi connectivity index (χ4v) is 6.31. The second-order valence-corrected chi connectivity index (χ2v) is 14.5. The van der Waals surface area contributed by atoms with E-state index >= 15 is 0 Å².